The molecule has 8 heteroatoms. The largest absolute Gasteiger partial charge is 0.349 e. The van der Waals surface area contributed by atoms with Crippen LogP contribution in [0.25, 0.3) is 0 Å². The maximum Gasteiger partial charge on any atom is 0.242 e. The Hall–Kier alpha value is -1.15. The van der Waals surface area contributed by atoms with E-state index in [1.165, 1.54) is 18.4 Å². The molecular formula is C16H26ClN3O3S. The van der Waals surface area contributed by atoms with E-state index in [1.54, 1.807) is 24.3 Å². The first-order valence-electron chi connectivity index (χ1n) is 7.80. The smallest absolute Gasteiger partial charge is 0.242 e. The highest BCUT2D eigenvalue weighted by Crippen LogP contribution is 2.25. The van der Waals surface area contributed by atoms with Crippen molar-refractivity contribution in [2.75, 3.05) is 14.1 Å². The van der Waals surface area contributed by atoms with E-state index >= 15 is 0 Å². The SMILES string of the molecule is CC(NC(=O)C1CCC(N)C1)c1ccc(S(=O)(=O)N(C)C)cc1.Cl. The average molecular weight is 376 g/mol. The van der Waals surface area contributed by atoms with Crippen LogP contribution in [0, 0.1) is 5.92 Å². The lowest BCUT2D eigenvalue weighted by atomic mass is 10.0. The number of carbonyl (C=O) groups is 1. The summed E-state index contributed by atoms with van der Waals surface area (Å²) in [5.74, 6) is 0.0104. The Morgan fingerprint density at radius 2 is 1.83 bits per heavy atom. The topological polar surface area (TPSA) is 92.5 Å². The molecule has 1 aromatic carbocycles. The highest BCUT2D eigenvalue weighted by molar-refractivity contribution is 7.89. The lowest BCUT2D eigenvalue weighted by molar-refractivity contribution is -0.125. The zero-order valence-corrected chi connectivity index (χ0v) is 15.9. The summed E-state index contributed by atoms with van der Waals surface area (Å²) in [5, 5.41) is 2.99. The summed E-state index contributed by atoms with van der Waals surface area (Å²) >= 11 is 0. The number of carbonyl (C=O) groups excluding carboxylic acids is 1. The van der Waals surface area contributed by atoms with Crippen molar-refractivity contribution < 1.29 is 13.2 Å². The molecular weight excluding hydrogens is 350 g/mol. The van der Waals surface area contributed by atoms with Gasteiger partial charge in [-0.05, 0) is 43.9 Å². The third-order valence-corrected chi connectivity index (χ3v) is 6.19. The van der Waals surface area contributed by atoms with Gasteiger partial charge in [0.1, 0.15) is 0 Å². The first-order chi connectivity index (χ1) is 10.7. The van der Waals surface area contributed by atoms with Crippen molar-refractivity contribution in [3.8, 4) is 0 Å². The van der Waals surface area contributed by atoms with Crippen LogP contribution in [0.15, 0.2) is 29.2 Å². The number of hydrogen-bond acceptors (Lipinski definition) is 4. The molecule has 2 rings (SSSR count). The number of sulfonamides is 1. The van der Waals surface area contributed by atoms with Gasteiger partial charge in [0.05, 0.1) is 10.9 Å². The van der Waals surface area contributed by atoms with Gasteiger partial charge in [0.15, 0.2) is 0 Å². The van der Waals surface area contributed by atoms with Crippen LogP contribution in [0.2, 0.25) is 0 Å². The standard InChI is InChI=1S/C16H25N3O3S.ClH/c1-11(18-16(20)13-4-7-14(17)10-13)12-5-8-15(9-6-12)23(21,22)19(2)3;/h5-6,8-9,11,13-14H,4,7,10,17H2,1-3H3,(H,18,20);1H. The van der Waals surface area contributed by atoms with Crippen molar-refractivity contribution in [1.82, 2.24) is 9.62 Å². The molecule has 0 spiro atoms. The Morgan fingerprint density at radius 1 is 1.25 bits per heavy atom. The van der Waals surface area contributed by atoms with Gasteiger partial charge in [-0.15, -0.1) is 12.4 Å². The third-order valence-electron chi connectivity index (χ3n) is 4.36. The molecule has 1 fully saturated rings. The van der Waals surface area contributed by atoms with Crippen molar-refractivity contribution in [3.63, 3.8) is 0 Å². The highest BCUT2D eigenvalue weighted by atomic mass is 35.5. The predicted octanol–water partition coefficient (Wildman–Crippen LogP) is 1.66. The Bertz CT molecular complexity index is 662. The van der Waals surface area contributed by atoms with Crippen molar-refractivity contribution in [1.29, 1.82) is 0 Å². The first kappa shape index (κ1) is 20.9. The van der Waals surface area contributed by atoms with E-state index in [9.17, 15) is 13.2 Å². The Labute approximate surface area is 150 Å². The molecule has 0 radical (unpaired) electrons. The molecule has 0 bridgehead atoms. The van der Waals surface area contributed by atoms with Crippen LogP contribution in [-0.2, 0) is 14.8 Å². The van der Waals surface area contributed by atoms with Gasteiger partial charge in [-0.2, -0.15) is 0 Å². The molecule has 0 saturated heterocycles. The fourth-order valence-electron chi connectivity index (χ4n) is 2.81. The normalized spacial score (nSPS) is 22.0. The molecule has 3 unspecified atom stereocenters. The summed E-state index contributed by atoms with van der Waals surface area (Å²) in [7, 11) is -0.433. The van der Waals surface area contributed by atoms with Gasteiger partial charge in [-0.1, -0.05) is 12.1 Å². The second kappa shape index (κ2) is 8.29. The number of halogens is 1. The van der Waals surface area contributed by atoms with Crippen LogP contribution in [0.3, 0.4) is 0 Å². The quantitative estimate of drug-likeness (QED) is 0.818. The zero-order valence-electron chi connectivity index (χ0n) is 14.2. The fourth-order valence-corrected chi connectivity index (χ4v) is 3.71. The molecule has 24 heavy (non-hydrogen) atoms. The van der Waals surface area contributed by atoms with Crippen LogP contribution < -0.4 is 11.1 Å². The van der Waals surface area contributed by atoms with Gasteiger partial charge in [0.25, 0.3) is 0 Å². The van der Waals surface area contributed by atoms with Crippen LogP contribution in [-0.4, -0.2) is 38.8 Å². The molecule has 1 aromatic rings. The summed E-state index contributed by atoms with van der Waals surface area (Å²) in [6, 6.07) is 6.56. The van der Waals surface area contributed by atoms with Gasteiger partial charge in [0, 0.05) is 26.1 Å². The van der Waals surface area contributed by atoms with Crippen molar-refractivity contribution in [2.24, 2.45) is 11.7 Å². The maximum atomic E-state index is 12.2. The number of nitrogens with zero attached hydrogens (tertiary/aromatic N) is 1. The van der Waals surface area contributed by atoms with E-state index in [0.717, 1.165) is 24.8 Å². The zero-order chi connectivity index (χ0) is 17.2. The van der Waals surface area contributed by atoms with E-state index in [-0.39, 0.29) is 41.2 Å². The number of nitrogens with two attached hydrogens (primary N) is 1. The molecule has 1 amide bonds. The number of rotatable bonds is 5. The lowest BCUT2D eigenvalue weighted by Gasteiger charge is -2.18. The van der Waals surface area contributed by atoms with E-state index in [1.807, 2.05) is 6.92 Å². The number of benzene rings is 1. The second-order valence-corrected chi connectivity index (χ2v) is 8.51. The van der Waals surface area contributed by atoms with Crippen molar-refractivity contribution in [3.05, 3.63) is 29.8 Å². The van der Waals surface area contributed by atoms with Crippen LogP contribution in [0.1, 0.15) is 37.8 Å². The van der Waals surface area contributed by atoms with Crippen LogP contribution >= 0.6 is 12.4 Å². The molecule has 0 heterocycles. The van der Waals surface area contributed by atoms with Gasteiger partial charge in [0.2, 0.25) is 15.9 Å². The lowest BCUT2D eigenvalue weighted by Crippen LogP contribution is -2.32. The van der Waals surface area contributed by atoms with Crippen LogP contribution in [0.5, 0.6) is 0 Å². The van der Waals surface area contributed by atoms with E-state index < -0.39 is 10.0 Å². The number of hydrogen-bond donors (Lipinski definition) is 2. The molecule has 6 nitrogen and oxygen atoms in total. The molecule has 3 atom stereocenters. The van der Waals surface area contributed by atoms with E-state index in [0.29, 0.717) is 0 Å². The Morgan fingerprint density at radius 3 is 2.29 bits per heavy atom. The maximum absolute atomic E-state index is 12.2. The molecule has 136 valence electrons. The molecule has 1 aliphatic rings. The van der Waals surface area contributed by atoms with Gasteiger partial charge < -0.3 is 11.1 Å². The predicted molar refractivity (Wildman–Crippen MR) is 96.4 cm³/mol. The molecule has 1 aliphatic carbocycles. The molecule has 0 aromatic heterocycles. The first-order valence-corrected chi connectivity index (χ1v) is 9.24. The summed E-state index contributed by atoms with van der Waals surface area (Å²) in [4.78, 5) is 12.5. The molecule has 1 saturated carbocycles. The van der Waals surface area contributed by atoms with Gasteiger partial charge >= 0.3 is 0 Å². The molecule has 3 N–H and O–H groups in total. The fraction of sp³-hybridized carbons (Fsp3) is 0.562. The Balaban J connectivity index is 0.00000288. The monoisotopic (exact) mass is 375 g/mol. The second-order valence-electron chi connectivity index (χ2n) is 6.36. The van der Waals surface area contributed by atoms with Gasteiger partial charge in [-0.3, -0.25) is 4.79 Å². The summed E-state index contributed by atoms with van der Waals surface area (Å²) in [6.07, 6.45) is 2.46. The van der Waals surface area contributed by atoms with E-state index in [4.69, 9.17) is 5.73 Å². The van der Waals surface area contributed by atoms with Crippen molar-refractivity contribution in [2.45, 2.75) is 43.2 Å². The summed E-state index contributed by atoms with van der Waals surface area (Å²) in [6.45, 7) is 1.89. The number of amides is 1. The minimum atomic E-state index is -3.43. The third kappa shape index (κ3) is 4.69. The van der Waals surface area contributed by atoms with Crippen LogP contribution in [0.4, 0.5) is 0 Å². The number of nitrogens with one attached hydrogen (secondary N) is 1. The minimum absolute atomic E-state index is 0. The average Bonchev–Trinajstić information content (AvgIpc) is 2.94. The minimum Gasteiger partial charge on any atom is -0.349 e. The van der Waals surface area contributed by atoms with Crippen molar-refractivity contribution >= 4 is 28.3 Å². The Kier molecular flexibility index (Phi) is 7.22. The summed E-state index contributed by atoms with van der Waals surface area (Å²) < 4.78 is 25.3. The molecule has 0 aliphatic heterocycles. The van der Waals surface area contributed by atoms with Gasteiger partial charge in [-0.25, -0.2) is 12.7 Å². The van der Waals surface area contributed by atoms with E-state index in [2.05, 4.69) is 5.32 Å². The highest BCUT2D eigenvalue weighted by Gasteiger charge is 2.28. The summed E-state index contributed by atoms with van der Waals surface area (Å²) in [5.41, 5.74) is 6.72.